The van der Waals surface area contributed by atoms with Gasteiger partial charge in [-0.2, -0.15) is 0 Å². The molecule has 2 rings (SSSR count). The third kappa shape index (κ3) is 1.85. The van der Waals surface area contributed by atoms with E-state index in [4.69, 9.17) is 0 Å². The number of hydrogen-bond donors (Lipinski definition) is 1. The van der Waals surface area contributed by atoms with Gasteiger partial charge in [-0.1, -0.05) is 0 Å². The van der Waals surface area contributed by atoms with Crippen molar-refractivity contribution in [2.45, 2.75) is 6.92 Å². The molecule has 1 N–H and O–H groups in total. The maximum atomic E-state index is 11.4. The van der Waals surface area contributed by atoms with Crippen LogP contribution >= 0.6 is 0 Å². The lowest BCUT2D eigenvalue weighted by atomic mass is 10.3. The zero-order chi connectivity index (χ0) is 10.8. The van der Waals surface area contributed by atoms with E-state index in [1.165, 1.54) is 16.8 Å². The molecule has 0 atom stereocenters. The number of H-pyrrole nitrogens is 1. The van der Waals surface area contributed by atoms with E-state index in [0.717, 1.165) is 5.56 Å². The Hall–Kier alpha value is -2.17. The molecule has 0 aliphatic rings. The van der Waals surface area contributed by atoms with Gasteiger partial charge in [0.25, 0.3) is 5.56 Å². The van der Waals surface area contributed by atoms with Gasteiger partial charge in [0.15, 0.2) is 0 Å². The van der Waals surface area contributed by atoms with Gasteiger partial charge in [-0.15, -0.1) is 0 Å². The summed E-state index contributed by atoms with van der Waals surface area (Å²) in [4.78, 5) is 28.5. The molecule has 0 amide bonds. The molecule has 15 heavy (non-hydrogen) atoms. The Bertz CT molecular complexity index is 598. The van der Waals surface area contributed by atoms with Gasteiger partial charge in [0.1, 0.15) is 5.82 Å². The molecule has 0 aliphatic carbocycles. The number of nitrogens with one attached hydrogen (secondary N) is 1. The standard InChI is InChI=1S/C10H9N3O2/c1-7-2-4-11-8(6-7)13-5-3-9(14)12-10(13)15/h2-6H,1H3,(H,12,14,15). The predicted octanol–water partition coefficient (Wildman–Crippen LogP) is 0.229. The highest BCUT2D eigenvalue weighted by Gasteiger charge is 2.00. The summed E-state index contributed by atoms with van der Waals surface area (Å²) in [7, 11) is 0. The van der Waals surface area contributed by atoms with Crippen molar-refractivity contribution in [3.8, 4) is 5.82 Å². The number of rotatable bonds is 1. The molecule has 0 saturated carbocycles. The van der Waals surface area contributed by atoms with E-state index in [1.54, 1.807) is 12.3 Å². The Morgan fingerprint density at radius 1 is 1.33 bits per heavy atom. The number of aromatic nitrogens is 3. The smallest absolute Gasteiger partial charge is 0.274 e. The molecule has 0 spiro atoms. The first-order chi connectivity index (χ1) is 7.16. The van der Waals surface area contributed by atoms with Gasteiger partial charge in [0, 0.05) is 18.5 Å². The van der Waals surface area contributed by atoms with Crippen LogP contribution in [0.15, 0.2) is 40.2 Å². The molecule has 0 radical (unpaired) electrons. The average Bonchev–Trinajstić information content (AvgIpc) is 2.17. The Labute approximate surface area is 85.0 Å². The summed E-state index contributed by atoms with van der Waals surface area (Å²) < 4.78 is 1.29. The normalized spacial score (nSPS) is 10.2. The summed E-state index contributed by atoms with van der Waals surface area (Å²) in [5, 5.41) is 0. The first-order valence-electron chi connectivity index (χ1n) is 4.42. The van der Waals surface area contributed by atoms with E-state index in [0.29, 0.717) is 5.82 Å². The Morgan fingerprint density at radius 3 is 2.80 bits per heavy atom. The largest absolute Gasteiger partial charge is 0.334 e. The molecule has 0 unspecified atom stereocenters. The monoisotopic (exact) mass is 203 g/mol. The van der Waals surface area contributed by atoms with Crippen molar-refractivity contribution in [1.29, 1.82) is 0 Å². The SMILES string of the molecule is Cc1ccnc(-n2ccc(=O)[nH]c2=O)c1. The fourth-order valence-electron chi connectivity index (χ4n) is 1.25. The van der Waals surface area contributed by atoms with Crippen molar-refractivity contribution in [3.63, 3.8) is 0 Å². The van der Waals surface area contributed by atoms with Crippen LogP contribution in [0.3, 0.4) is 0 Å². The minimum atomic E-state index is -0.486. The van der Waals surface area contributed by atoms with Crippen LogP contribution in [0.4, 0.5) is 0 Å². The number of pyridine rings is 1. The molecule has 76 valence electrons. The fraction of sp³-hybridized carbons (Fsp3) is 0.100. The van der Waals surface area contributed by atoms with Gasteiger partial charge in [-0.25, -0.2) is 9.78 Å². The van der Waals surface area contributed by atoms with Crippen LogP contribution in [-0.4, -0.2) is 14.5 Å². The van der Waals surface area contributed by atoms with E-state index in [-0.39, 0.29) is 0 Å². The molecule has 5 heteroatoms. The fourth-order valence-corrected chi connectivity index (χ4v) is 1.25. The summed E-state index contributed by atoms with van der Waals surface area (Å²) in [6, 6.07) is 4.88. The second kappa shape index (κ2) is 3.53. The third-order valence-corrected chi connectivity index (χ3v) is 1.97. The summed E-state index contributed by atoms with van der Waals surface area (Å²) in [6.45, 7) is 1.90. The second-order valence-corrected chi connectivity index (χ2v) is 3.17. The highest BCUT2D eigenvalue weighted by atomic mass is 16.2. The van der Waals surface area contributed by atoms with Crippen LogP contribution in [0.2, 0.25) is 0 Å². The minimum Gasteiger partial charge on any atom is -0.274 e. The van der Waals surface area contributed by atoms with Gasteiger partial charge < -0.3 is 0 Å². The van der Waals surface area contributed by atoms with Crippen molar-refractivity contribution in [3.05, 3.63) is 57.0 Å². The Morgan fingerprint density at radius 2 is 2.13 bits per heavy atom. The molecular weight excluding hydrogens is 194 g/mol. The number of aromatic amines is 1. The molecule has 2 aromatic rings. The summed E-state index contributed by atoms with van der Waals surface area (Å²) in [5.74, 6) is 0.497. The van der Waals surface area contributed by atoms with E-state index in [2.05, 4.69) is 9.97 Å². The van der Waals surface area contributed by atoms with Gasteiger partial charge in [0.05, 0.1) is 0 Å². The van der Waals surface area contributed by atoms with Gasteiger partial charge >= 0.3 is 5.69 Å². The van der Waals surface area contributed by atoms with Crippen molar-refractivity contribution in [2.75, 3.05) is 0 Å². The Kier molecular flexibility index (Phi) is 2.21. The first-order valence-corrected chi connectivity index (χ1v) is 4.42. The number of nitrogens with zero attached hydrogens (tertiary/aromatic N) is 2. The molecule has 0 fully saturated rings. The van der Waals surface area contributed by atoms with Crippen LogP contribution in [0.1, 0.15) is 5.56 Å². The highest BCUT2D eigenvalue weighted by molar-refractivity contribution is 5.26. The van der Waals surface area contributed by atoms with Crippen LogP contribution in [-0.2, 0) is 0 Å². The molecule has 2 heterocycles. The second-order valence-electron chi connectivity index (χ2n) is 3.17. The molecule has 0 bridgehead atoms. The van der Waals surface area contributed by atoms with Gasteiger partial charge in [-0.05, 0) is 24.6 Å². The van der Waals surface area contributed by atoms with E-state index in [9.17, 15) is 9.59 Å². The summed E-state index contributed by atoms with van der Waals surface area (Å²) in [6.07, 6.45) is 3.02. The number of hydrogen-bond acceptors (Lipinski definition) is 3. The molecule has 0 saturated heterocycles. The quantitative estimate of drug-likeness (QED) is 0.721. The number of aryl methyl sites for hydroxylation is 1. The van der Waals surface area contributed by atoms with Gasteiger partial charge in [-0.3, -0.25) is 14.3 Å². The lowest BCUT2D eigenvalue weighted by Crippen LogP contribution is -2.27. The maximum Gasteiger partial charge on any atom is 0.334 e. The Balaban J connectivity index is 2.64. The molecule has 0 aliphatic heterocycles. The summed E-state index contributed by atoms with van der Waals surface area (Å²) in [5.41, 5.74) is 0.0996. The van der Waals surface area contributed by atoms with Crippen molar-refractivity contribution >= 4 is 0 Å². The first kappa shape index (κ1) is 9.39. The average molecular weight is 203 g/mol. The van der Waals surface area contributed by atoms with Crippen molar-refractivity contribution in [2.24, 2.45) is 0 Å². The van der Waals surface area contributed by atoms with Crippen molar-refractivity contribution in [1.82, 2.24) is 14.5 Å². The lowest BCUT2D eigenvalue weighted by Gasteiger charge is -2.03. The lowest BCUT2D eigenvalue weighted by molar-refractivity contribution is 0.865. The topological polar surface area (TPSA) is 67.8 Å². The van der Waals surface area contributed by atoms with E-state index >= 15 is 0 Å². The van der Waals surface area contributed by atoms with Crippen LogP contribution in [0.5, 0.6) is 0 Å². The van der Waals surface area contributed by atoms with Crippen LogP contribution in [0.25, 0.3) is 5.82 Å². The van der Waals surface area contributed by atoms with E-state index < -0.39 is 11.2 Å². The van der Waals surface area contributed by atoms with Crippen LogP contribution < -0.4 is 11.2 Å². The van der Waals surface area contributed by atoms with E-state index in [1.807, 2.05) is 13.0 Å². The zero-order valence-corrected chi connectivity index (χ0v) is 8.10. The maximum absolute atomic E-state index is 11.4. The zero-order valence-electron chi connectivity index (χ0n) is 8.10. The van der Waals surface area contributed by atoms with Crippen molar-refractivity contribution < 1.29 is 0 Å². The van der Waals surface area contributed by atoms with Gasteiger partial charge in [0.2, 0.25) is 0 Å². The summed E-state index contributed by atoms with van der Waals surface area (Å²) >= 11 is 0. The third-order valence-electron chi connectivity index (χ3n) is 1.97. The minimum absolute atomic E-state index is 0.413. The molecule has 0 aromatic carbocycles. The predicted molar refractivity (Wildman–Crippen MR) is 55.2 cm³/mol. The highest BCUT2D eigenvalue weighted by Crippen LogP contribution is 2.02. The molecular formula is C10H9N3O2. The molecule has 2 aromatic heterocycles. The molecule has 5 nitrogen and oxygen atoms in total. The van der Waals surface area contributed by atoms with Crippen LogP contribution in [0, 0.1) is 6.92 Å².